The molecule has 0 saturated heterocycles. The van der Waals surface area contributed by atoms with Gasteiger partial charge in [-0.3, -0.25) is 20.8 Å². The van der Waals surface area contributed by atoms with Gasteiger partial charge in [-0.15, -0.1) is 0 Å². The average molecular weight is 243 g/mol. The molecule has 7 heteroatoms. The lowest BCUT2D eigenvalue weighted by molar-refractivity contribution is -0.501. The van der Waals surface area contributed by atoms with Crippen molar-refractivity contribution in [2.75, 3.05) is 7.05 Å². The zero-order valence-corrected chi connectivity index (χ0v) is 9.39. The number of hydrogen-bond acceptors (Lipinski definition) is 5. The van der Waals surface area contributed by atoms with Crippen LogP contribution in [0.5, 0.6) is 0 Å². The van der Waals surface area contributed by atoms with E-state index in [1.165, 1.54) is 7.05 Å². The molecule has 6 nitrogen and oxygen atoms in total. The molecule has 1 rings (SSSR count). The van der Waals surface area contributed by atoms with Crippen LogP contribution in [0.1, 0.15) is 5.56 Å². The Morgan fingerprint density at radius 1 is 1.75 bits per heavy atom. The maximum absolute atomic E-state index is 10.5. The number of rotatable bonds is 4. The van der Waals surface area contributed by atoms with E-state index in [9.17, 15) is 10.1 Å². The predicted octanol–water partition coefficient (Wildman–Crippen LogP) is 0.910. The van der Waals surface area contributed by atoms with Crippen molar-refractivity contribution in [3.8, 4) is 0 Å². The van der Waals surface area contributed by atoms with Crippen LogP contribution in [0.15, 0.2) is 23.3 Å². The molecule has 86 valence electrons. The third-order valence-electron chi connectivity index (χ3n) is 2.03. The maximum Gasteiger partial charge on any atom is 0.302 e. The standard InChI is InChI=1S/C9H11ClN4O2/c1-12-7(9(11)14(15)16)4-6-2-3-8(10)13-5-6/h2-3,5,9H,4,11H2,1H3. The van der Waals surface area contributed by atoms with Crippen molar-refractivity contribution in [1.82, 2.24) is 4.98 Å². The SMILES string of the molecule is CN=C(Cc1ccc(Cl)nc1)C(N)[N+](=O)[O-]. The number of pyridine rings is 1. The minimum Gasteiger partial charge on any atom is -0.288 e. The summed E-state index contributed by atoms with van der Waals surface area (Å²) >= 11 is 5.62. The third-order valence-corrected chi connectivity index (χ3v) is 2.25. The molecule has 0 amide bonds. The average Bonchev–Trinajstić information content (AvgIpc) is 2.27. The largest absolute Gasteiger partial charge is 0.302 e. The van der Waals surface area contributed by atoms with E-state index < -0.39 is 11.1 Å². The van der Waals surface area contributed by atoms with Gasteiger partial charge in [-0.2, -0.15) is 0 Å². The molecule has 0 radical (unpaired) electrons. The highest BCUT2D eigenvalue weighted by molar-refractivity contribution is 6.29. The first-order chi connectivity index (χ1) is 7.54. The fourth-order valence-corrected chi connectivity index (χ4v) is 1.27. The van der Waals surface area contributed by atoms with Gasteiger partial charge in [0.1, 0.15) is 10.9 Å². The minimum absolute atomic E-state index is 0.294. The Morgan fingerprint density at radius 2 is 2.44 bits per heavy atom. The number of nitro groups is 1. The molecule has 1 unspecified atom stereocenters. The Bertz CT molecular complexity index is 404. The summed E-state index contributed by atoms with van der Waals surface area (Å²) in [6.07, 6.45) is 0.559. The zero-order chi connectivity index (χ0) is 12.1. The van der Waals surface area contributed by atoms with Crippen molar-refractivity contribution < 1.29 is 4.92 Å². The van der Waals surface area contributed by atoms with E-state index in [4.69, 9.17) is 17.3 Å². The van der Waals surface area contributed by atoms with Crippen LogP contribution in [0.3, 0.4) is 0 Å². The molecule has 1 aromatic rings. The van der Waals surface area contributed by atoms with E-state index in [2.05, 4.69) is 9.98 Å². The second-order valence-electron chi connectivity index (χ2n) is 3.11. The van der Waals surface area contributed by atoms with Gasteiger partial charge in [-0.1, -0.05) is 17.7 Å². The maximum atomic E-state index is 10.5. The highest BCUT2D eigenvalue weighted by atomic mass is 35.5. The number of nitrogens with two attached hydrogens (primary N) is 1. The van der Waals surface area contributed by atoms with Crippen LogP contribution in [0.25, 0.3) is 0 Å². The second kappa shape index (κ2) is 5.53. The lowest BCUT2D eigenvalue weighted by atomic mass is 10.1. The fraction of sp³-hybridized carbons (Fsp3) is 0.333. The van der Waals surface area contributed by atoms with Crippen molar-refractivity contribution >= 4 is 17.3 Å². The van der Waals surface area contributed by atoms with Crippen LogP contribution in [-0.4, -0.2) is 28.8 Å². The topological polar surface area (TPSA) is 94.4 Å². The van der Waals surface area contributed by atoms with Gasteiger partial charge < -0.3 is 0 Å². The number of nitrogens with zero attached hydrogens (tertiary/aromatic N) is 3. The molecular weight excluding hydrogens is 232 g/mol. The van der Waals surface area contributed by atoms with Crippen molar-refractivity contribution in [1.29, 1.82) is 0 Å². The van der Waals surface area contributed by atoms with Gasteiger partial charge in [0.25, 0.3) is 0 Å². The monoisotopic (exact) mass is 242 g/mol. The summed E-state index contributed by atoms with van der Waals surface area (Å²) in [4.78, 5) is 17.6. The summed E-state index contributed by atoms with van der Waals surface area (Å²) in [7, 11) is 1.47. The van der Waals surface area contributed by atoms with Gasteiger partial charge in [0.15, 0.2) is 0 Å². The molecule has 0 aliphatic heterocycles. The normalized spacial score (nSPS) is 13.6. The molecule has 2 N–H and O–H groups in total. The molecule has 1 atom stereocenters. The Morgan fingerprint density at radius 3 is 2.88 bits per heavy atom. The molecular formula is C9H11ClN4O2. The number of halogens is 1. The number of aromatic nitrogens is 1. The molecule has 1 aromatic heterocycles. The van der Waals surface area contributed by atoms with E-state index in [-0.39, 0.29) is 0 Å². The van der Waals surface area contributed by atoms with Gasteiger partial charge in [0, 0.05) is 24.6 Å². The van der Waals surface area contributed by atoms with Crippen molar-refractivity contribution in [2.24, 2.45) is 10.7 Å². The van der Waals surface area contributed by atoms with Crippen molar-refractivity contribution in [2.45, 2.75) is 12.6 Å². The van der Waals surface area contributed by atoms with Crippen LogP contribution in [0, 0.1) is 10.1 Å². The van der Waals surface area contributed by atoms with Crippen LogP contribution in [0.2, 0.25) is 5.15 Å². The van der Waals surface area contributed by atoms with Crippen LogP contribution < -0.4 is 5.73 Å². The Balaban J connectivity index is 2.79. The van der Waals surface area contributed by atoms with Crippen molar-refractivity contribution in [3.05, 3.63) is 39.2 Å². The van der Waals surface area contributed by atoms with E-state index in [0.717, 1.165) is 5.56 Å². The molecule has 0 aliphatic rings. The van der Waals surface area contributed by atoms with E-state index in [0.29, 0.717) is 17.3 Å². The molecule has 16 heavy (non-hydrogen) atoms. The van der Waals surface area contributed by atoms with Gasteiger partial charge in [0.2, 0.25) is 0 Å². The molecule has 0 spiro atoms. The first-order valence-corrected chi connectivity index (χ1v) is 4.87. The molecule has 0 saturated carbocycles. The Kier molecular flexibility index (Phi) is 4.33. The third kappa shape index (κ3) is 3.25. The lowest BCUT2D eigenvalue weighted by Gasteiger charge is -2.07. The highest BCUT2D eigenvalue weighted by Gasteiger charge is 2.21. The Labute approximate surface area is 97.3 Å². The first-order valence-electron chi connectivity index (χ1n) is 4.49. The van der Waals surface area contributed by atoms with Crippen LogP contribution in [0.4, 0.5) is 0 Å². The van der Waals surface area contributed by atoms with E-state index in [1.54, 1.807) is 18.3 Å². The summed E-state index contributed by atoms with van der Waals surface area (Å²) in [5.74, 6) is 0. The summed E-state index contributed by atoms with van der Waals surface area (Å²) in [5, 5.41) is 10.9. The smallest absolute Gasteiger partial charge is 0.288 e. The van der Waals surface area contributed by atoms with Crippen LogP contribution in [-0.2, 0) is 6.42 Å². The second-order valence-corrected chi connectivity index (χ2v) is 3.50. The molecule has 0 bridgehead atoms. The summed E-state index contributed by atoms with van der Waals surface area (Å²) in [6.45, 7) is 0. The highest BCUT2D eigenvalue weighted by Crippen LogP contribution is 2.07. The zero-order valence-electron chi connectivity index (χ0n) is 8.63. The van der Waals surface area contributed by atoms with Gasteiger partial charge in [-0.25, -0.2) is 4.98 Å². The van der Waals surface area contributed by atoms with E-state index >= 15 is 0 Å². The summed E-state index contributed by atoms with van der Waals surface area (Å²) in [6, 6.07) is 3.34. The van der Waals surface area contributed by atoms with Gasteiger partial charge in [0.05, 0.1) is 0 Å². The van der Waals surface area contributed by atoms with E-state index in [1.807, 2.05) is 0 Å². The fourth-order valence-electron chi connectivity index (χ4n) is 1.16. The predicted molar refractivity (Wildman–Crippen MR) is 61.3 cm³/mol. The van der Waals surface area contributed by atoms with Gasteiger partial charge in [-0.05, 0) is 11.6 Å². The number of aliphatic imine (C=N–C) groups is 1. The summed E-state index contributed by atoms with van der Waals surface area (Å²) < 4.78 is 0. The summed E-state index contributed by atoms with van der Waals surface area (Å²) in [5.41, 5.74) is 6.45. The molecule has 1 heterocycles. The van der Waals surface area contributed by atoms with Gasteiger partial charge >= 0.3 is 6.17 Å². The van der Waals surface area contributed by atoms with Crippen molar-refractivity contribution in [3.63, 3.8) is 0 Å². The first kappa shape index (κ1) is 12.5. The quantitative estimate of drug-likeness (QED) is 0.279. The molecule has 0 aliphatic carbocycles. The Hall–Kier alpha value is -1.53. The number of hydrogen-bond donors (Lipinski definition) is 1. The molecule has 0 aromatic carbocycles. The minimum atomic E-state index is -1.28. The lowest BCUT2D eigenvalue weighted by Crippen LogP contribution is -2.39. The van der Waals surface area contributed by atoms with Crippen LogP contribution >= 0.6 is 11.6 Å². The molecule has 0 fully saturated rings.